The zero-order valence-corrected chi connectivity index (χ0v) is 17.4. The molecule has 0 aromatic heterocycles. The van der Waals surface area contributed by atoms with E-state index in [2.05, 4.69) is 15.6 Å². The lowest BCUT2D eigenvalue weighted by Crippen LogP contribution is -2.40. The topological polar surface area (TPSA) is 75.2 Å². The predicted molar refractivity (Wildman–Crippen MR) is 115 cm³/mol. The lowest BCUT2D eigenvalue weighted by atomic mass is 10.2. The summed E-state index contributed by atoms with van der Waals surface area (Å²) in [5.74, 6) is -0.150. The van der Waals surface area contributed by atoms with Crippen LogP contribution >= 0.6 is 0 Å². The van der Waals surface area contributed by atoms with Crippen LogP contribution in [0.4, 0.5) is 14.5 Å². The Hall–Kier alpha value is -3.36. The molecule has 0 unspecified atom stereocenters. The van der Waals surface area contributed by atoms with Crippen molar-refractivity contribution in [2.45, 2.75) is 13.3 Å². The zero-order valence-electron chi connectivity index (χ0n) is 17.4. The second-order valence-corrected chi connectivity index (χ2v) is 6.77. The van der Waals surface area contributed by atoms with Gasteiger partial charge in [0.2, 0.25) is 0 Å². The van der Waals surface area contributed by atoms with Crippen LogP contribution in [0.2, 0.25) is 0 Å². The first-order valence-electron chi connectivity index (χ1n) is 10.2. The molecule has 2 aromatic carbocycles. The van der Waals surface area contributed by atoms with Crippen LogP contribution in [-0.2, 0) is 4.79 Å². The molecular formula is C22H26F2N4O3. The molecule has 1 amide bonds. The summed E-state index contributed by atoms with van der Waals surface area (Å²) in [7, 11) is 0. The molecule has 0 bridgehead atoms. The highest BCUT2D eigenvalue weighted by atomic mass is 19.1. The van der Waals surface area contributed by atoms with Gasteiger partial charge in [0.15, 0.2) is 24.1 Å². The maximum absolute atomic E-state index is 13.6. The van der Waals surface area contributed by atoms with E-state index in [0.29, 0.717) is 44.3 Å². The number of ether oxygens (including phenoxy) is 2. The Labute approximate surface area is 180 Å². The fourth-order valence-electron chi connectivity index (χ4n) is 3.08. The van der Waals surface area contributed by atoms with Gasteiger partial charge in [0.25, 0.3) is 5.91 Å². The number of carbonyl (C=O) groups excluding carboxylic acids is 1. The summed E-state index contributed by atoms with van der Waals surface area (Å²) < 4.78 is 37.3. The molecule has 0 spiro atoms. The van der Waals surface area contributed by atoms with Gasteiger partial charge in [0.1, 0.15) is 18.2 Å². The van der Waals surface area contributed by atoms with E-state index < -0.39 is 11.6 Å². The number of para-hydroxylation sites is 2. The molecule has 1 heterocycles. The molecular weight excluding hydrogens is 406 g/mol. The van der Waals surface area contributed by atoms with E-state index >= 15 is 0 Å². The van der Waals surface area contributed by atoms with Gasteiger partial charge in [-0.15, -0.1) is 0 Å². The van der Waals surface area contributed by atoms with Gasteiger partial charge in [-0.25, -0.2) is 8.78 Å². The molecule has 31 heavy (non-hydrogen) atoms. The summed E-state index contributed by atoms with van der Waals surface area (Å²) in [5.41, 5.74) is 0.776. The Kier molecular flexibility index (Phi) is 8.03. The maximum Gasteiger partial charge on any atom is 0.265 e. The van der Waals surface area contributed by atoms with E-state index in [4.69, 9.17) is 9.47 Å². The molecule has 0 radical (unpaired) electrons. The average molecular weight is 432 g/mol. The minimum absolute atomic E-state index is 0.000555. The van der Waals surface area contributed by atoms with Crippen molar-refractivity contribution in [3.8, 4) is 11.5 Å². The first-order valence-corrected chi connectivity index (χ1v) is 10.2. The van der Waals surface area contributed by atoms with Gasteiger partial charge in [-0.05, 0) is 37.6 Å². The molecule has 0 fully saturated rings. The summed E-state index contributed by atoms with van der Waals surface area (Å²) in [6, 6.07) is 10.7. The Morgan fingerprint density at radius 2 is 2.06 bits per heavy atom. The number of benzene rings is 2. The first-order chi connectivity index (χ1) is 15.1. The molecule has 1 aliphatic rings. The Balaban J connectivity index is 1.45. The Morgan fingerprint density at radius 3 is 2.87 bits per heavy atom. The van der Waals surface area contributed by atoms with Crippen molar-refractivity contribution in [2.75, 3.05) is 44.3 Å². The monoisotopic (exact) mass is 432 g/mol. The third kappa shape index (κ3) is 6.31. The summed E-state index contributed by atoms with van der Waals surface area (Å²) in [4.78, 5) is 18.4. The fraction of sp³-hybridized carbons (Fsp3) is 0.364. The van der Waals surface area contributed by atoms with Crippen LogP contribution < -0.4 is 25.0 Å². The molecule has 1 aliphatic heterocycles. The fourth-order valence-corrected chi connectivity index (χ4v) is 3.08. The average Bonchev–Trinajstić information content (AvgIpc) is 2.76. The van der Waals surface area contributed by atoms with Gasteiger partial charge in [-0.2, -0.15) is 0 Å². The second kappa shape index (κ2) is 11.1. The number of carbonyl (C=O) groups is 1. The largest absolute Gasteiger partial charge is 0.489 e. The van der Waals surface area contributed by atoms with E-state index in [-0.39, 0.29) is 24.9 Å². The van der Waals surface area contributed by atoms with Gasteiger partial charge < -0.3 is 25.0 Å². The smallest absolute Gasteiger partial charge is 0.265 e. The van der Waals surface area contributed by atoms with Crippen molar-refractivity contribution in [1.29, 1.82) is 0 Å². The molecule has 7 nitrogen and oxygen atoms in total. The van der Waals surface area contributed by atoms with Crippen molar-refractivity contribution in [3.63, 3.8) is 0 Å². The highest BCUT2D eigenvalue weighted by molar-refractivity contribution is 5.97. The molecule has 2 aromatic rings. The molecule has 0 aliphatic carbocycles. The minimum atomic E-state index is -0.736. The van der Waals surface area contributed by atoms with Crippen molar-refractivity contribution < 1.29 is 23.0 Å². The van der Waals surface area contributed by atoms with Gasteiger partial charge in [-0.3, -0.25) is 9.79 Å². The molecule has 9 heteroatoms. The number of guanidine groups is 1. The SMILES string of the molecule is CCNC(=NCCCN1C(=O)COc2ccccc21)NCCOc1ccc(F)cc1F. The predicted octanol–water partition coefficient (Wildman–Crippen LogP) is 2.71. The molecule has 0 saturated heterocycles. The number of anilines is 1. The van der Waals surface area contributed by atoms with E-state index in [9.17, 15) is 13.6 Å². The standard InChI is InChI=1S/C22H26F2N4O3/c1-2-25-22(27-11-13-30-19-9-8-16(23)14-17(19)24)26-10-5-12-28-18-6-3-4-7-20(18)31-15-21(28)29/h3-4,6-9,14H,2,5,10-13,15H2,1H3,(H2,25,26,27). The van der Waals surface area contributed by atoms with E-state index in [1.54, 1.807) is 4.90 Å². The number of rotatable bonds is 9. The second-order valence-electron chi connectivity index (χ2n) is 6.77. The third-order valence-electron chi connectivity index (χ3n) is 4.51. The molecule has 0 atom stereocenters. The zero-order chi connectivity index (χ0) is 22.1. The first kappa shape index (κ1) is 22.3. The highest BCUT2D eigenvalue weighted by Gasteiger charge is 2.24. The number of aliphatic imine (C=N–C) groups is 1. The molecule has 3 rings (SSSR count). The normalized spacial score (nSPS) is 13.5. The van der Waals surface area contributed by atoms with Gasteiger partial charge >= 0.3 is 0 Å². The molecule has 0 saturated carbocycles. The lowest BCUT2D eigenvalue weighted by molar-refractivity contribution is -0.121. The van der Waals surface area contributed by atoms with Crippen LogP contribution in [0.1, 0.15) is 13.3 Å². The van der Waals surface area contributed by atoms with E-state index in [1.807, 2.05) is 31.2 Å². The number of nitrogens with zero attached hydrogens (tertiary/aromatic N) is 2. The van der Waals surface area contributed by atoms with Crippen molar-refractivity contribution in [1.82, 2.24) is 10.6 Å². The van der Waals surface area contributed by atoms with Crippen LogP contribution in [0.5, 0.6) is 11.5 Å². The number of nitrogens with one attached hydrogen (secondary N) is 2. The van der Waals surface area contributed by atoms with Crippen LogP contribution in [0.15, 0.2) is 47.5 Å². The molecule has 166 valence electrons. The number of halogens is 2. The van der Waals surface area contributed by atoms with Crippen LogP contribution in [-0.4, -0.2) is 51.3 Å². The van der Waals surface area contributed by atoms with Gasteiger partial charge in [0, 0.05) is 25.7 Å². The number of fused-ring (bicyclic) bond motifs is 1. The van der Waals surface area contributed by atoms with E-state index in [0.717, 1.165) is 17.8 Å². The molecule has 2 N–H and O–H groups in total. The summed E-state index contributed by atoms with van der Waals surface area (Å²) in [6.45, 7) is 4.29. The summed E-state index contributed by atoms with van der Waals surface area (Å²) in [6.07, 6.45) is 0.675. The minimum Gasteiger partial charge on any atom is -0.489 e. The van der Waals surface area contributed by atoms with Gasteiger partial charge in [0.05, 0.1) is 12.2 Å². The summed E-state index contributed by atoms with van der Waals surface area (Å²) >= 11 is 0. The van der Waals surface area contributed by atoms with Crippen LogP contribution in [0.25, 0.3) is 0 Å². The lowest BCUT2D eigenvalue weighted by Gasteiger charge is -2.29. The van der Waals surface area contributed by atoms with Crippen LogP contribution in [0, 0.1) is 11.6 Å². The summed E-state index contributed by atoms with van der Waals surface area (Å²) in [5, 5.41) is 6.22. The number of amides is 1. The quantitative estimate of drug-likeness (QED) is 0.362. The Morgan fingerprint density at radius 1 is 1.23 bits per heavy atom. The van der Waals surface area contributed by atoms with Crippen molar-refractivity contribution >= 4 is 17.6 Å². The van der Waals surface area contributed by atoms with Crippen molar-refractivity contribution in [2.24, 2.45) is 4.99 Å². The Bertz CT molecular complexity index is 923. The highest BCUT2D eigenvalue weighted by Crippen LogP contribution is 2.31. The third-order valence-corrected chi connectivity index (χ3v) is 4.51. The maximum atomic E-state index is 13.6. The van der Waals surface area contributed by atoms with E-state index in [1.165, 1.54) is 6.07 Å². The number of hydrogen-bond donors (Lipinski definition) is 2. The van der Waals surface area contributed by atoms with Crippen LogP contribution in [0.3, 0.4) is 0 Å². The van der Waals surface area contributed by atoms with Crippen molar-refractivity contribution in [3.05, 3.63) is 54.1 Å². The number of hydrogen-bond acceptors (Lipinski definition) is 4. The van der Waals surface area contributed by atoms with Gasteiger partial charge in [-0.1, -0.05) is 12.1 Å².